The van der Waals surface area contributed by atoms with Crippen molar-refractivity contribution in [1.29, 1.82) is 0 Å². The third-order valence-corrected chi connectivity index (χ3v) is 3.76. The SMILES string of the molecule is CC1CCCC1Nc1ccc(-n2cncn2)cc1. The summed E-state index contributed by atoms with van der Waals surface area (Å²) in [7, 11) is 0. The molecule has 1 aliphatic carbocycles. The van der Waals surface area contributed by atoms with E-state index in [1.807, 2.05) is 0 Å². The maximum atomic E-state index is 4.12. The zero-order valence-electron chi connectivity index (χ0n) is 10.6. The highest BCUT2D eigenvalue weighted by atomic mass is 15.3. The van der Waals surface area contributed by atoms with Crippen LogP contribution in [-0.2, 0) is 0 Å². The summed E-state index contributed by atoms with van der Waals surface area (Å²) in [5.41, 5.74) is 2.23. The Hall–Kier alpha value is -1.84. The molecule has 18 heavy (non-hydrogen) atoms. The molecule has 1 heterocycles. The van der Waals surface area contributed by atoms with Crippen molar-refractivity contribution >= 4 is 5.69 Å². The lowest BCUT2D eigenvalue weighted by atomic mass is 10.1. The minimum atomic E-state index is 0.627. The molecule has 2 atom stereocenters. The van der Waals surface area contributed by atoms with Gasteiger partial charge in [-0.15, -0.1) is 0 Å². The van der Waals surface area contributed by atoms with Crippen LogP contribution in [0.3, 0.4) is 0 Å². The highest BCUT2D eigenvalue weighted by Gasteiger charge is 2.22. The molecular formula is C14H18N4. The van der Waals surface area contributed by atoms with E-state index in [4.69, 9.17) is 0 Å². The molecule has 1 N–H and O–H groups in total. The second-order valence-corrected chi connectivity index (χ2v) is 5.05. The lowest BCUT2D eigenvalue weighted by molar-refractivity contribution is 0.556. The smallest absolute Gasteiger partial charge is 0.138 e. The zero-order valence-corrected chi connectivity index (χ0v) is 10.6. The van der Waals surface area contributed by atoms with Gasteiger partial charge in [-0.2, -0.15) is 5.10 Å². The van der Waals surface area contributed by atoms with Crippen LogP contribution in [0, 0.1) is 5.92 Å². The molecular weight excluding hydrogens is 224 g/mol. The van der Waals surface area contributed by atoms with E-state index in [9.17, 15) is 0 Å². The average molecular weight is 242 g/mol. The highest BCUT2D eigenvalue weighted by molar-refractivity contribution is 5.49. The number of aromatic nitrogens is 3. The molecule has 0 saturated heterocycles. The molecule has 4 nitrogen and oxygen atoms in total. The predicted molar refractivity (Wildman–Crippen MR) is 71.8 cm³/mol. The van der Waals surface area contributed by atoms with Crippen LogP contribution in [0.5, 0.6) is 0 Å². The first kappa shape index (κ1) is 11.3. The van der Waals surface area contributed by atoms with Crippen molar-refractivity contribution in [2.75, 3.05) is 5.32 Å². The minimum Gasteiger partial charge on any atom is -0.382 e. The van der Waals surface area contributed by atoms with Crippen LogP contribution in [0.25, 0.3) is 5.69 Å². The topological polar surface area (TPSA) is 42.7 Å². The number of hydrogen-bond donors (Lipinski definition) is 1. The Morgan fingerprint density at radius 2 is 2.06 bits per heavy atom. The van der Waals surface area contributed by atoms with Crippen molar-refractivity contribution < 1.29 is 0 Å². The van der Waals surface area contributed by atoms with Crippen LogP contribution >= 0.6 is 0 Å². The van der Waals surface area contributed by atoms with Crippen molar-refractivity contribution in [3.8, 4) is 5.69 Å². The van der Waals surface area contributed by atoms with E-state index in [0.29, 0.717) is 6.04 Å². The van der Waals surface area contributed by atoms with Gasteiger partial charge in [0.15, 0.2) is 0 Å². The van der Waals surface area contributed by atoms with Crippen LogP contribution in [0.1, 0.15) is 26.2 Å². The van der Waals surface area contributed by atoms with Gasteiger partial charge >= 0.3 is 0 Å². The Morgan fingerprint density at radius 1 is 1.22 bits per heavy atom. The van der Waals surface area contributed by atoms with Crippen LogP contribution in [0.2, 0.25) is 0 Å². The summed E-state index contributed by atoms with van der Waals surface area (Å²) in [6, 6.07) is 8.99. The first-order valence-electron chi connectivity index (χ1n) is 6.54. The summed E-state index contributed by atoms with van der Waals surface area (Å²) in [5.74, 6) is 0.778. The summed E-state index contributed by atoms with van der Waals surface area (Å²) in [6.45, 7) is 2.33. The van der Waals surface area contributed by atoms with Gasteiger partial charge in [-0.25, -0.2) is 9.67 Å². The number of anilines is 1. The lowest BCUT2D eigenvalue weighted by Crippen LogP contribution is -2.21. The number of nitrogens with one attached hydrogen (secondary N) is 1. The summed E-state index contributed by atoms with van der Waals surface area (Å²) < 4.78 is 1.77. The van der Waals surface area contributed by atoms with Gasteiger partial charge in [0.25, 0.3) is 0 Å². The molecule has 94 valence electrons. The molecule has 1 aromatic carbocycles. The van der Waals surface area contributed by atoms with E-state index < -0.39 is 0 Å². The predicted octanol–water partition coefficient (Wildman–Crippen LogP) is 2.87. The van der Waals surface area contributed by atoms with Gasteiger partial charge in [0, 0.05) is 11.7 Å². The Morgan fingerprint density at radius 3 is 2.67 bits per heavy atom. The van der Waals surface area contributed by atoms with Gasteiger partial charge < -0.3 is 5.32 Å². The fourth-order valence-electron chi connectivity index (χ4n) is 2.63. The molecule has 0 amide bonds. The molecule has 3 rings (SSSR count). The van der Waals surface area contributed by atoms with Gasteiger partial charge in [0.05, 0.1) is 5.69 Å². The molecule has 0 spiro atoms. The first-order chi connectivity index (χ1) is 8.83. The maximum Gasteiger partial charge on any atom is 0.138 e. The molecule has 1 saturated carbocycles. The number of benzene rings is 1. The van der Waals surface area contributed by atoms with Crippen LogP contribution < -0.4 is 5.32 Å². The largest absolute Gasteiger partial charge is 0.382 e. The molecule has 1 aromatic heterocycles. The molecule has 4 heteroatoms. The van der Waals surface area contributed by atoms with Crippen molar-refractivity contribution in [1.82, 2.24) is 14.8 Å². The summed E-state index contributed by atoms with van der Waals surface area (Å²) in [4.78, 5) is 3.95. The fourth-order valence-corrected chi connectivity index (χ4v) is 2.63. The standard InChI is InChI=1S/C14H18N4/c1-11-3-2-4-14(11)17-12-5-7-13(8-6-12)18-10-15-9-16-18/h5-11,14,17H,2-4H2,1H3. The average Bonchev–Trinajstić information content (AvgIpc) is 3.03. The Kier molecular flexibility index (Phi) is 3.00. The summed E-state index contributed by atoms with van der Waals surface area (Å²) >= 11 is 0. The van der Waals surface area contributed by atoms with E-state index in [1.54, 1.807) is 17.3 Å². The highest BCUT2D eigenvalue weighted by Crippen LogP contribution is 2.28. The van der Waals surface area contributed by atoms with Crippen LogP contribution in [-0.4, -0.2) is 20.8 Å². The van der Waals surface area contributed by atoms with E-state index in [-0.39, 0.29) is 0 Å². The third kappa shape index (κ3) is 2.23. The Bertz CT molecular complexity index is 489. The quantitative estimate of drug-likeness (QED) is 0.900. The first-order valence-corrected chi connectivity index (χ1v) is 6.54. The van der Waals surface area contributed by atoms with Gasteiger partial charge in [-0.1, -0.05) is 13.3 Å². The Balaban J connectivity index is 1.71. The molecule has 0 bridgehead atoms. The second-order valence-electron chi connectivity index (χ2n) is 5.05. The fraction of sp³-hybridized carbons (Fsp3) is 0.429. The lowest BCUT2D eigenvalue weighted by Gasteiger charge is -2.18. The zero-order chi connectivity index (χ0) is 12.4. The van der Waals surface area contributed by atoms with Crippen molar-refractivity contribution in [3.05, 3.63) is 36.9 Å². The van der Waals surface area contributed by atoms with E-state index in [2.05, 4.69) is 46.6 Å². The second kappa shape index (κ2) is 4.80. The molecule has 1 fully saturated rings. The van der Waals surface area contributed by atoms with Crippen molar-refractivity contribution in [2.45, 2.75) is 32.2 Å². The normalized spacial score (nSPS) is 23.2. The summed E-state index contributed by atoms with van der Waals surface area (Å²) in [6.07, 6.45) is 7.23. The molecule has 1 aliphatic rings. The summed E-state index contributed by atoms with van der Waals surface area (Å²) in [5, 5.41) is 7.73. The van der Waals surface area contributed by atoms with Gasteiger partial charge in [0.2, 0.25) is 0 Å². The third-order valence-electron chi connectivity index (χ3n) is 3.76. The van der Waals surface area contributed by atoms with E-state index in [1.165, 1.54) is 24.9 Å². The van der Waals surface area contributed by atoms with Crippen LogP contribution in [0.4, 0.5) is 5.69 Å². The minimum absolute atomic E-state index is 0.627. The molecule has 2 aromatic rings. The van der Waals surface area contributed by atoms with Gasteiger partial charge in [-0.05, 0) is 43.0 Å². The van der Waals surface area contributed by atoms with Crippen molar-refractivity contribution in [3.63, 3.8) is 0 Å². The van der Waals surface area contributed by atoms with E-state index >= 15 is 0 Å². The number of nitrogens with zero attached hydrogens (tertiary/aromatic N) is 3. The number of rotatable bonds is 3. The Labute approximate surface area is 107 Å². The van der Waals surface area contributed by atoms with Crippen molar-refractivity contribution in [2.24, 2.45) is 5.92 Å². The van der Waals surface area contributed by atoms with Crippen LogP contribution in [0.15, 0.2) is 36.9 Å². The molecule has 2 unspecified atom stereocenters. The maximum absolute atomic E-state index is 4.12. The van der Waals surface area contributed by atoms with Gasteiger partial charge in [0.1, 0.15) is 12.7 Å². The van der Waals surface area contributed by atoms with E-state index in [0.717, 1.165) is 11.6 Å². The van der Waals surface area contributed by atoms with Gasteiger partial charge in [-0.3, -0.25) is 0 Å². The molecule has 0 aliphatic heterocycles. The monoisotopic (exact) mass is 242 g/mol. The molecule has 0 radical (unpaired) electrons. The number of hydrogen-bond acceptors (Lipinski definition) is 3.